The second-order valence-corrected chi connectivity index (χ2v) is 7.56. The van der Waals surface area contributed by atoms with Gasteiger partial charge in [0.15, 0.2) is 5.16 Å². The molecule has 2 heterocycles. The Hall–Kier alpha value is -2.32. The number of nitrogens with one attached hydrogen (secondary N) is 1. The van der Waals surface area contributed by atoms with Crippen LogP contribution in [0.5, 0.6) is 0 Å². The van der Waals surface area contributed by atoms with Gasteiger partial charge in [-0.1, -0.05) is 48.2 Å². The van der Waals surface area contributed by atoms with Crippen LogP contribution in [0.3, 0.4) is 0 Å². The molecule has 0 spiro atoms. The van der Waals surface area contributed by atoms with E-state index in [1.165, 1.54) is 11.8 Å². The average Bonchev–Trinajstić information content (AvgIpc) is 3.09. The molecule has 0 aliphatic carbocycles. The van der Waals surface area contributed by atoms with Crippen molar-refractivity contribution in [3.63, 3.8) is 0 Å². The molecule has 1 aliphatic rings. The van der Waals surface area contributed by atoms with Crippen LogP contribution < -0.4 is 10.2 Å². The molecule has 1 amide bonds. The smallest absolute Gasteiger partial charge is 0.233 e. The first kappa shape index (κ1) is 19.4. The lowest BCUT2D eigenvalue weighted by molar-refractivity contribution is -0.120. The Morgan fingerprint density at radius 1 is 1.33 bits per heavy atom. The number of benzene rings is 1. The summed E-state index contributed by atoms with van der Waals surface area (Å²) < 4.78 is 7.54. The molecule has 1 saturated heterocycles. The normalized spacial score (nSPS) is 15.4. The highest BCUT2D eigenvalue weighted by Gasteiger charge is 2.23. The highest BCUT2D eigenvalue weighted by molar-refractivity contribution is 8.00. The van der Waals surface area contributed by atoms with Crippen LogP contribution in [-0.4, -0.2) is 58.8 Å². The van der Waals surface area contributed by atoms with E-state index in [0.29, 0.717) is 26.3 Å². The summed E-state index contributed by atoms with van der Waals surface area (Å²) in [5, 5.41) is 12.1. The molecule has 8 heteroatoms. The Bertz CT molecular complexity index is 759. The van der Waals surface area contributed by atoms with Gasteiger partial charge < -0.3 is 15.0 Å². The number of carbonyl (C=O) groups excluding carboxylic acids is 1. The van der Waals surface area contributed by atoms with Crippen molar-refractivity contribution in [2.24, 2.45) is 0 Å². The second-order valence-electron chi connectivity index (χ2n) is 6.25. The average molecular weight is 388 g/mol. The van der Waals surface area contributed by atoms with Crippen molar-refractivity contribution in [1.29, 1.82) is 0 Å². The van der Waals surface area contributed by atoms with E-state index in [0.717, 1.165) is 29.8 Å². The number of carbonyl (C=O) groups is 1. The SMILES string of the molecule is C=CCNC(=O)C(C)Sc1nnc(N2CCOCC2)n1Cc1ccccc1. The fourth-order valence-corrected chi connectivity index (χ4v) is 3.67. The lowest BCUT2D eigenvalue weighted by atomic mass is 10.2. The molecule has 0 radical (unpaired) electrons. The van der Waals surface area contributed by atoms with E-state index < -0.39 is 0 Å². The van der Waals surface area contributed by atoms with E-state index in [1.807, 2.05) is 25.1 Å². The first-order chi connectivity index (χ1) is 13.2. The maximum Gasteiger partial charge on any atom is 0.233 e. The number of thioether (sulfide) groups is 1. The first-order valence-electron chi connectivity index (χ1n) is 9.04. The molecule has 1 fully saturated rings. The molecule has 2 aromatic rings. The Morgan fingerprint density at radius 2 is 2.07 bits per heavy atom. The number of ether oxygens (including phenoxy) is 1. The number of morpholine rings is 1. The summed E-state index contributed by atoms with van der Waals surface area (Å²) >= 11 is 1.42. The molecule has 1 unspecified atom stereocenters. The summed E-state index contributed by atoms with van der Waals surface area (Å²) in [5.74, 6) is 0.783. The van der Waals surface area contributed by atoms with E-state index in [1.54, 1.807) is 6.08 Å². The van der Waals surface area contributed by atoms with Crippen LogP contribution in [0.25, 0.3) is 0 Å². The fourth-order valence-electron chi connectivity index (χ4n) is 2.80. The van der Waals surface area contributed by atoms with Gasteiger partial charge in [0.2, 0.25) is 11.9 Å². The molecule has 1 N–H and O–H groups in total. The van der Waals surface area contributed by atoms with Gasteiger partial charge in [-0.3, -0.25) is 9.36 Å². The number of hydrogen-bond donors (Lipinski definition) is 1. The summed E-state index contributed by atoms with van der Waals surface area (Å²) in [6.45, 7) is 9.55. The molecular formula is C19H25N5O2S. The van der Waals surface area contributed by atoms with Crippen molar-refractivity contribution in [1.82, 2.24) is 20.1 Å². The third-order valence-corrected chi connectivity index (χ3v) is 5.33. The monoisotopic (exact) mass is 387 g/mol. The molecule has 1 aromatic carbocycles. The van der Waals surface area contributed by atoms with Gasteiger partial charge in [-0.2, -0.15) is 0 Å². The van der Waals surface area contributed by atoms with Crippen molar-refractivity contribution in [2.45, 2.75) is 23.9 Å². The number of anilines is 1. The molecule has 3 rings (SSSR count). The quantitative estimate of drug-likeness (QED) is 0.551. The first-order valence-corrected chi connectivity index (χ1v) is 9.92. The van der Waals surface area contributed by atoms with E-state index in [-0.39, 0.29) is 11.2 Å². The zero-order chi connectivity index (χ0) is 19.1. The van der Waals surface area contributed by atoms with Gasteiger partial charge in [0.25, 0.3) is 0 Å². The van der Waals surface area contributed by atoms with Gasteiger partial charge in [0.1, 0.15) is 0 Å². The predicted molar refractivity (Wildman–Crippen MR) is 107 cm³/mol. The molecule has 144 valence electrons. The molecule has 0 bridgehead atoms. The van der Waals surface area contributed by atoms with E-state index in [4.69, 9.17) is 4.74 Å². The lowest BCUT2D eigenvalue weighted by Crippen LogP contribution is -2.38. The van der Waals surface area contributed by atoms with Crippen LogP contribution >= 0.6 is 11.8 Å². The molecular weight excluding hydrogens is 362 g/mol. The largest absolute Gasteiger partial charge is 0.378 e. The highest BCUT2D eigenvalue weighted by atomic mass is 32.2. The summed E-state index contributed by atoms with van der Waals surface area (Å²) in [6.07, 6.45) is 1.67. The van der Waals surface area contributed by atoms with Crippen LogP contribution in [0.15, 0.2) is 48.1 Å². The van der Waals surface area contributed by atoms with Crippen molar-refractivity contribution in [3.8, 4) is 0 Å². The van der Waals surface area contributed by atoms with Gasteiger partial charge in [0.05, 0.1) is 25.0 Å². The van der Waals surface area contributed by atoms with Crippen molar-refractivity contribution < 1.29 is 9.53 Å². The molecule has 27 heavy (non-hydrogen) atoms. The van der Waals surface area contributed by atoms with Crippen LogP contribution in [0.2, 0.25) is 0 Å². The topological polar surface area (TPSA) is 72.3 Å². The zero-order valence-corrected chi connectivity index (χ0v) is 16.3. The predicted octanol–water partition coefficient (Wildman–Crippen LogP) is 1.95. The minimum absolute atomic E-state index is 0.0397. The van der Waals surface area contributed by atoms with Gasteiger partial charge in [-0.25, -0.2) is 0 Å². The zero-order valence-electron chi connectivity index (χ0n) is 15.5. The van der Waals surface area contributed by atoms with Crippen molar-refractivity contribution in [2.75, 3.05) is 37.7 Å². The third kappa shape index (κ3) is 5.11. The summed E-state index contributed by atoms with van der Waals surface area (Å²) in [4.78, 5) is 14.4. The molecule has 0 saturated carbocycles. The van der Waals surface area contributed by atoms with E-state index in [2.05, 4.69) is 43.7 Å². The molecule has 7 nitrogen and oxygen atoms in total. The molecule has 1 aromatic heterocycles. The third-order valence-electron chi connectivity index (χ3n) is 4.25. The minimum atomic E-state index is -0.277. The summed E-state index contributed by atoms with van der Waals surface area (Å²) in [7, 11) is 0. The van der Waals surface area contributed by atoms with Gasteiger partial charge in [-0.15, -0.1) is 16.8 Å². The standard InChI is InChI=1S/C19H25N5O2S/c1-3-9-20-17(25)15(2)27-19-22-21-18(23-10-12-26-13-11-23)24(19)14-16-7-5-4-6-8-16/h3-8,15H,1,9-14H2,2H3,(H,20,25). The molecule has 1 atom stereocenters. The Balaban J connectivity index is 1.82. The number of nitrogens with zero attached hydrogens (tertiary/aromatic N) is 4. The Kier molecular flexibility index (Phi) is 6.89. The molecule has 1 aliphatic heterocycles. The Morgan fingerprint density at radius 3 is 2.78 bits per heavy atom. The van der Waals surface area contributed by atoms with Crippen LogP contribution in [0.4, 0.5) is 5.95 Å². The van der Waals surface area contributed by atoms with Gasteiger partial charge >= 0.3 is 0 Å². The van der Waals surface area contributed by atoms with Crippen molar-refractivity contribution >= 4 is 23.6 Å². The van der Waals surface area contributed by atoms with Crippen LogP contribution in [-0.2, 0) is 16.1 Å². The fraction of sp³-hybridized carbons (Fsp3) is 0.421. The number of rotatable bonds is 8. The maximum absolute atomic E-state index is 12.2. The highest BCUT2D eigenvalue weighted by Crippen LogP contribution is 2.27. The van der Waals surface area contributed by atoms with Crippen LogP contribution in [0.1, 0.15) is 12.5 Å². The maximum atomic E-state index is 12.2. The summed E-state index contributed by atoms with van der Waals surface area (Å²) in [6, 6.07) is 10.2. The van der Waals surface area contributed by atoms with Crippen LogP contribution in [0, 0.1) is 0 Å². The van der Waals surface area contributed by atoms with Crippen molar-refractivity contribution in [3.05, 3.63) is 48.6 Å². The van der Waals surface area contributed by atoms with Gasteiger partial charge in [0, 0.05) is 19.6 Å². The number of amides is 1. The summed E-state index contributed by atoms with van der Waals surface area (Å²) in [5.41, 5.74) is 1.16. The number of aromatic nitrogens is 3. The lowest BCUT2D eigenvalue weighted by Gasteiger charge is -2.28. The van der Waals surface area contributed by atoms with E-state index >= 15 is 0 Å². The number of hydrogen-bond acceptors (Lipinski definition) is 6. The second kappa shape index (κ2) is 9.57. The minimum Gasteiger partial charge on any atom is -0.378 e. The van der Waals surface area contributed by atoms with E-state index in [9.17, 15) is 4.79 Å². The Labute approximate surface area is 163 Å². The van der Waals surface area contributed by atoms with Gasteiger partial charge in [-0.05, 0) is 12.5 Å².